The van der Waals surface area contributed by atoms with E-state index in [2.05, 4.69) is 29.2 Å². The van der Waals surface area contributed by atoms with E-state index < -0.39 is 0 Å². The van der Waals surface area contributed by atoms with Crippen LogP contribution in [-0.4, -0.2) is 4.98 Å². The van der Waals surface area contributed by atoms with E-state index in [1.54, 1.807) is 0 Å². The largest absolute Gasteiger partial charge is 1.00 e. The molecule has 0 aliphatic rings. The summed E-state index contributed by atoms with van der Waals surface area (Å²) in [5.74, 6) is 0. The first-order valence-electron chi connectivity index (χ1n) is 5.04. The predicted octanol–water partition coefficient (Wildman–Crippen LogP) is 0.549. The minimum absolute atomic E-state index is 0. The molecule has 0 unspecified atom stereocenters. The van der Waals surface area contributed by atoms with Gasteiger partial charge in [-0.1, -0.05) is 47.7 Å². The lowest BCUT2D eigenvalue weighted by Crippen LogP contribution is -3.00. The second-order valence-corrected chi connectivity index (χ2v) is 4.66. The molecule has 0 radical (unpaired) electrons. The fraction of sp³-hybridized carbons (Fsp3) is 0. The van der Waals surface area contributed by atoms with Crippen molar-refractivity contribution in [2.45, 2.75) is 0 Å². The van der Waals surface area contributed by atoms with E-state index in [0.29, 0.717) is 5.13 Å². The molecule has 3 aromatic rings. The number of hydrogen-bond acceptors (Lipinski definition) is 3. The van der Waals surface area contributed by atoms with Gasteiger partial charge in [-0.05, 0) is 23.3 Å². The van der Waals surface area contributed by atoms with E-state index in [9.17, 15) is 0 Å². The summed E-state index contributed by atoms with van der Waals surface area (Å²) in [5.41, 5.74) is 9.09. The number of halogens is 1. The molecular formula is C13H10BrN2S-. The minimum atomic E-state index is 0. The van der Waals surface area contributed by atoms with Crippen molar-refractivity contribution in [3.63, 3.8) is 0 Å². The van der Waals surface area contributed by atoms with Crippen molar-refractivity contribution in [3.8, 4) is 11.1 Å². The van der Waals surface area contributed by atoms with Gasteiger partial charge in [0.05, 0.1) is 10.2 Å². The number of thiazole rings is 1. The molecule has 0 aliphatic heterocycles. The Balaban J connectivity index is 0.00000108. The lowest BCUT2D eigenvalue weighted by atomic mass is 10.1. The van der Waals surface area contributed by atoms with Gasteiger partial charge in [0.25, 0.3) is 0 Å². The molecule has 2 N–H and O–H groups in total. The average Bonchev–Trinajstić information content (AvgIpc) is 2.69. The number of benzene rings is 2. The molecule has 3 rings (SSSR count). The molecule has 0 saturated heterocycles. The Hall–Kier alpha value is -1.39. The summed E-state index contributed by atoms with van der Waals surface area (Å²) >= 11 is 1.53. The highest BCUT2D eigenvalue weighted by Crippen LogP contribution is 2.28. The zero-order chi connectivity index (χ0) is 11.0. The van der Waals surface area contributed by atoms with Crippen LogP contribution in [-0.2, 0) is 0 Å². The van der Waals surface area contributed by atoms with E-state index in [4.69, 9.17) is 5.73 Å². The van der Waals surface area contributed by atoms with Crippen LogP contribution in [0.5, 0.6) is 0 Å². The number of nitrogens with two attached hydrogens (primary N) is 1. The molecule has 17 heavy (non-hydrogen) atoms. The van der Waals surface area contributed by atoms with Crippen molar-refractivity contribution in [2.24, 2.45) is 0 Å². The molecule has 4 heteroatoms. The van der Waals surface area contributed by atoms with E-state index in [0.717, 1.165) is 10.2 Å². The van der Waals surface area contributed by atoms with Crippen LogP contribution in [0.3, 0.4) is 0 Å². The van der Waals surface area contributed by atoms with E-state index >= 15 is 0 Å². The zero-order valence-electron chi connectivity index (χ0n) is 8.93. The number of hydrogen-bond donors (Lipinski definition) is 1. The molecular weight excluding hydrogens is 296 g/mol. The molecule has 0 saturated carbocycles. The average molecular weight is 306 g/mol. The Bertz CT molecular complexity index is 634. The normalized spacial score (nSPS) is 10.1. The standard InChI is InChI=1S/C13H10N2S.BrH/c14-13-15-11-7-6-10(8-12(11)16-13)9-4-2-1-3-5-9;/h1-8H,(H2,14,15);1H/p-1. The predicted molar refractivity (Wildman–Crippen MR) is 69.5 cm³/mol. The Morgan fingerprint density at radius 1 is 0.941 bits per heavy atom. The van der Waals surface area contributed by atoms with Crippen molar-refractivity contribution in [1.82, 2.24) is 4.98 Å². The fourth-order valence-corrected chi connectivity index (χ4v) is 2.53. The van der Waals surface area contributed by atoms with Crippen molar-refractivity contribution >= 4 is 26.7 Å². The third-order valence-corrected chi connectivity index (χ3v) is 3.36. The fourth-order valence-electron chi connectivity index (χ4n) is 1.75. The third-order valence-electron chi connectivity index (χ3n) is 2.51. The number of anilines is 1. The minimum Gasteiger partial charge on any atom is -1.00 e. The maximum absolute atomic E-state index is 5.69. The van der Waals surface area contributed by atoms with Crippen molar-refractivity contribution in [3.05, 3.63) is 48.5 Å². The van der Waals surface area contributed by atoms with E-state index in [-0.39, 0.29) is 17.0 Å². The van der Waals surface area contributed by atoms with Crippen molar-refractivity contribution < 1.29 is 17.0 Å². The molecule has 0 atom stereocenters. The number of aromatic nitrogens is 1. The Kier molecular flexibility index (Phi) is 3.45. The highest BCUT2D eigenvalue weighted by Gasteiger charge is 2.03. The molecule has 1 heterocycles. The molecule has 0 spiro atoms. The van der Waals surface area contributed by atoms with Crippen LogP contribution < -0.4 is 22.7 Å². The molecule has 1 aromatic heterocycles. The zero-order valence-corrected chi connectivity index (χ0v) is 11.3. The SMILES string of the molecule is Nc1nc2ccc(-c3ccccc3)cc2s1.[Br-]. The van der Waals surface area contributed by atoms with Gasteiger partial charge in [-0.25, -0.2) is 4.98 Å². The van der Waals surface area contributed by atoms with Crippen LogP contribution in [0.25, 0.3) is 21.3 Å². The Labute approximate surface area is 114 Å². The smallest absolute Gasteiger partial charge is 0.181 e. The van der Waals surface area contributed by atoms with Crippen LogP contribution in [0, 0.1) is 0 Å². The topological polar surface area (TPSA) is 38.9 Å². The second kappa shape index (κ2) is 4.85. The first kappa shape index (κ1) is 12.1. The van der Waals surface area contributed by atoms with Gasteiger partial charge in [0, 0.05) is 0 Å². The summed E-state index contributed by atoms with van der Waals surface area (Å²) in [4.78, 5) is 4.24. The lowest BCUT2D eigenvalue weighted by molar-refractivity contribution is -0.00000310. The Morgan fingerprint density at radius 3 is 2.47 bits per heavy atom. The summed E-state index contributed by atoms with van der Waals surface area (Å²) in [6.45, 7) is 0. The number of rotatable bonds is 1. The van der Waals surface area contributed by atoms with Crippen LogP contribution in [0.2, 0.25) is 0 Å². The highest BCUT2D eigenvalue weighted by molar-refractivity contribution is 7.22. The van der Waals surface area contributed by atoms with Gasteiger partial charge in [0.2, 0.25) is 0 Å². The number of nitrogen functional groups attached to an aromatic ring is 1. The van der Waals surface area contributed by atoms with Crippen LogP contribution in [0.15, 0.2) is 48.5 Å². The quantitative estimate of drug-likeness (QED) is 0.713. The second-order valence-electron chi connectivity index (χ2n) is 3.60. The van der Waals surface area contributed by atoms with Gasteiger partial charge in [0.15, 0.2) is 5.13 Å². The van der Waals surface area contributed by atoms with E-state index in [1.807, 2.05) is 24.3 Å². The summed E-state index contributed by atoms with van der Waals surface area (Å²) in [6, 6.07) is 16.5. The van der Waals surface area contributed by atoms with Crippen molar-refractivity contribution in [2.75, 3.05) is 5.73 Å². The van der Waals surface area contributed by atoms with Crippen molar-refractivity contribution in [1.29, 1.82) is 0 Å². The molecule has 0 bridgehead atoms. The van der Waals surface area contributed by atoms with Crippen LogP contribution >= 0.6 is 11.3 Å². The van der Waals surface area contributed by atoms with Gasteiger partial charge in [-0.3, -0.25) is 0 Å². The first-order chi connectivity index (χ1) is 7.83. The van der Waals surface area contributed by atoms with Gasteiger partial charge in [-0.2, -0.15) is 0 Å². The summed E-state index contributed by atoms with van der Waals surface area (Å²) in [7, 11) is 0. The number of fused-ring (bicyclic) bond motifs is 1. The summed E-state index contributed by atoms with van der Waals surface area (Å²) < 4.78 is 1.14. The Morgan fingerprint density at radius 2 is 1.71 bits per heavy atom. The maximum atomic E-state index is 5.69. The molecule has 2 aromatic carbocycles. The summed E-state index contributed by atoms with van der Waals surface area (Å²) in [5, 5.41) is 0.625. The van der Waals surface area contributed by atoms with Gasteiger partial charge < -0.3 is 22.7 Å². The first-order valence-corrected chi connectivity index (χ1v) is 5.86. The lowest BCUT2D eigenvalue weighted by Gasteiger charge is -2.00. The molecule has 2 nitrogen and oxygen atoms in total. The monoisotopic (exact) mass is 305 g/mol. The molecule has 86 valence electrons. The molecule has 0 aliphatic carbocycles. The van der Waals surface area contributed by atoms with Gasteiger partial charge >= 0.3 is 0 Å². The highest BCUT2D eigenvalue weighted by atomic mass is 79.9. The maximum Gasteiger partial charge on any atom is 0.181 e. The van der Waals surface area contributed by atoms with Crippen LogP contribution in [0.4, 0.5) is 5.13 Å². The number of nitrogens with zero attached hydrogens (tertiary/aromatic N) is 1. The summed E-state index contributed by atoms with van der Waals surface area (Å²) in [6.07, 6.45) is 0. The third kappa shape index (κ3) is 2.33. The van der Waals surface area contributed by atoms with Gasteiger partial charge in [-0.15, -0.1) is 0 Å². The molecule has 0 amide bonds. The molecule has 0 fully saturated rings. The van der Waals surface area contributed by atoms with E-state index in [1.165, 1.54) is 22.5 Å². The van der Waals surface area contributed by atoms with Crippen LogP contribution in [0.1, 0.15) is 0 Å². The van der Waals surface area contributed by atoms with Gasteiger partial charge in [0.1, 0.15) is 0 Å².